The van der Waals surface area contributed by atoms with Gasteiger partial charge in [0.15, 0.2) is 0 Å². The van der Waals surface area contributed by atoms with Crippen molar-refractivity contribution in [3.05, 3.63) is 83.9 Å². The SMILES string of the molecule is COC(=O)CCCC/C=C\[C@H](CSCc1ccccc1)NCc1ccccc1. The Kier molecular flexibility index (Phi) is 11.1. The molecule has 2 rings (SSSR count). The summed E-state index contributed by atoms with van der Waals surface area (Å²) in [4.78, 5) is 11.2. The van der Waals surface area contributed by atoms with Crippen molar-refractivity contribution >= 4 is 17.7 Å². The molecule has 0 heterocycles. The smallest absolute Gasteiger partial charge is 0.305 e. The predicted molar refractivity (Wildman–Crippen MR) is 119 cm³/mol. The molecule has 0 bridgehead atoms. The van der Waals surface area contributed by atoms with Gasteiger partial charge in [0.1, 0.15) is 0 Å². The highest BCUT2D eigenvalue weighted by atomic mass is 32.2. The maximum Gasteiger partial charge on any atom is 0.305 e. The Bertz CT molecular complexity index is 688. The highest BCUT2D eigenvalue weighted by Crippen LogP contribution is 2.14. The molecule has 0 aromatic heterocycles. The number of methoxy groups -OCH3 is 1. The Balaban J connectivity index is 1.77. The number of hydrogen-bond donors (Lipinski definition) is 1. The molecule has 4 heteroatoms. The number of carbonyl (C=O) groups excluding carboxylic acids is 1. The van der Waals surface area contributed by atoms with E-state index < -0.39 is 0 Å². The largest absolute Gasteiger partial charge is 0.469 e. The van der Waals surface area contributed by atoms with Gasteiger partial charge in [0.2, 0.25) is 0 Å². The second-order valence-corrected chi connectivity index (χ2v) is 7.75. The van der Waals surface area contributed by atoms with Crippen LogP contribution in [-0.2, 0) is 21.8 Å². The summed E-state index contributed by atoms with van der Waals surface area (Å²) in [5.41, 5.74) is 2.66. The molecular weight excluding hydrogens is 366 g/mol. The molecule has 0 radical (unpaired) electrons. The van der Waals surface area contributed by atoms with Gasteiger partial charge in [0.25, 0.3) is 0 Å². The van der Waals surface area contributed by atoms with E-state index in [9.17, 15) is 4.79 Å². The lowest BCUT2D eigenvalue weighted by Crippen LogP contribution is -2.29. The van der Waals surface area contributed by atoms with Crippen molar-refractivity contribution in [1.82, 2.24) is 5.32 Å². The molecule has 1 atom stereocenters. The van der Waals surface area contributed by atoms with E-state index in [4.69, 9.17) is 0 Å². The predicted octanol–water partition coefficient (Wildman–Crippen LogP) is 5.37. The average Bonchev–Trinajstić information content (AvgIpc) is 2.75. The van der Waals surface area contributed by atoms with Crippen LogP contribution < -0.4 is 5.32 Å². The van der Waals surface area contributed by atoms with E-state index >= 15 is 0 Å². The van der Waals surface area contributed by atoms with E-state index in [-0.39, 0.29) is 5.97 Å². The normalized spacial score (nSPS) is 12.2. The molecule has 0 unspecified atom stereocenters. The van der Waals surface area contributed by atoms with Crippen molar-refractivity contribution in [2.24, 2.45) is 0 Å². The van der Waals surface area contributed by atoms with Gasteiger partial charge in [0, 0.05) is 30.5 Å². The molecule has 0 fully saturated rings. The molecule has 3 nitrogen and oxygen atoms in total. The van der Waals surface area contributed by atoms with Crippen molar-refractivity contribution in [3.8, 4) is 0 Å². The molecule has 28 heavy (non-hydrogen) atoms. The summed E-state index contributed by atoms with van der Waals surface area (Å²) in [5.74, 6) is 1.93. The molecule has 0 spiro atoms. The lowest BCUT2D eigenvalue weighted by molar-refractivity contribution is -0.140. The van der Waals surface area contributed by atoms with Crippen LogP contribution in [0.25, 0.3) is 0 Å². The summed E-state index contributed by atoms with van der Waals surface area (Å²) in [6.07, 6.45) is 7.90. The van der Waals surface area contributed by atoms with Crippen molar-refractivity contribution < 1.29 is 9.53 Å². The first-order valence-electron chi connectivity index (χ1n) is 9.90. The minimum atomic E-state index is -0.122. The van der Waals surface area contributed by atoms with E-state index in [0.717, 1.165) is 37.3 Å². The Labute approximate surface area is 173 Å². The first-order chi connectivity index (χ1) is 13.8. The lowest BCUT2D eigenvalue weighted by atomic mass is 10.1. The topological polar surface area (TPSA) is 38.3 Å². The monoisotopic (exact) mass is 397 g/mol. The van der Waals surface area contributed by atoms with Crippen molar-refractivity contribution in [3.63, 3.8) is 0 Å². The van der Waals surface area contributed by atoms with Gasteiger partial charge in [-0.25, -0.2) is 0 Å². The van der Waals surface area contributed by atoms with Gasteiger partial charge in [-0.1, -0.05) is 72.8 Å². The van der Waals surface area contributed by atoms with E-state index in [0.29, 0.717) is 12.5 Å². The second-order valence-electron chi connectivity index (χ2n) is 6.72. The van der Waals surface area contributed by atoms with Gasteiger partial charge in [-0.05, 0) is 30.4 Å². The molecule has 0 saturated heterocycles. The second kappa shape index (κ2) is 14.0. The van der Waals surface area contributed by atoms with Gasteiger partial charge in [0.05, 0.1) is 7.11 Å². The van der Waals surface area contributed by atoms with E-state index in [1.807, 2.05) is 17.8 Å². The third-order valence-corrected chi connectivity index (χ3v) is 5.55. The van der Waals surface area contributed by atoms with Crippen LogP contribution in [0.1, 0.15) is 36.8 Å². The van der Waals surface area contributed by atoms with Crippen LogP contribution in [-0.4, -0.2) is 24.9 Å². The molecule has 150 valence electrons. The lowest BCUT2D eigenvalue weighted by Gasteiger charge is -2.15. The molecule has 0 aliphatic heterocycles. The molecule has 0 amide bonds. The van der Waals surface area contributed by atoms with Crippen LogP contribution in [0.2, 0.25) is 0 Å². The molecule has 1 N–H and O–H groups in total. The molecule has 2 aromatic carbocycles. The summed E-state index contributed by atoms with van der Waals surface area (Å²) in [6.45, 7) is 0.865. The van der Waals surface area contributed by atoms with Gasteiger partial charge in [-0.3, -0.25) is 4.79 Å². The number of rotatable bonds is 13. The van der Waals surface area contributed by atoms with Crippen molar-refractivity contribution in [2.75, 3.05) is 12.9 Å². The number of unbranched alkanes of at least 4 members (excludes halogenated alkanes) is 2. The fourth-order valence-corrected chi connectivity index (χ4v) is 3.83. The standard InChI is InChI=1S/C24H31NO2S/c1-27-24(26)17-11-3-2-10-16-23(25-18-21-12-6-4-7-13-21)20-28-19-22-14-8-5-9-15-22/h4-10,12-16,23,25H,2-3,11,17-20H2,1H3/b16-10-/t23-/m1/s1. The minimum absolute atomic E-state index is 0.122. The maximum atomic E-state index is 11.2. The zero-order valence-corrected chi connectivity index (χ0v) is 17.5. The quantitative estimate of drug-likeness (QED) is 0.280. The average molecular weight is 398 g/mol. The molecule has 0 aliphatic carbocycles. The summed E-state index contributed by atoms with van der Waals surface area (Å²) >= 11 is 1.95. The highest BCUT2D eigenvalue weighted by Gasteiger charge is 2.05. The number of thioether (sulfide) groups is 1. The van der Waals surface area contributed by atoms with E-state index in [1.54, 1.807) is 0 Å². The van der Waals surface area contributed by atoms with E-state index in [2.05, 4.69) is 76.8 Å². The van der Waals surface area contributed by atoms with Gasteiger partial charge in [-0.2, -0.15) is 11.8 Å². The van der Waals surface area contributed by atoms with Crippen LogP contribution >= 0.6 is 11.8 Å². The van der Waals surface area contributed by atoms with Crippen molar-refractivity contribution in [1.29, 1.82) is 0 Å². The van der Waals surface area contributed by atoms with Gasteiger partial charge < -0.3 is 10.1 Å². The Morgan fingerprint density at radius 3 is 2.39 bits per heavy atom. The number of benzene rings is 2. The Morgan fingerprint density at radius 1 is 1.04 bits per heavy atom. The number of ether oxygens (including phenoxy) is 1. The van der Waals surface area contributed by atoms with Crippen LogP contribution in [0.3, 0.4) is 0 Å². The first-order valence-corrected chi connectivity index (χ1v) is 11.1. The summed E-state index contributed by atoms with van der Waals surface area (Å²) in [6, 6.07) is 21.4. The molecule has 0 aliphatic rings. The third kappa shape index (κ3) is 9.77. The number of nitrogens with one attached hydrogen (secondary N) is 1. The fraction of sp³-hybridized carbons (Fsp3) is 0.375. The Hall–Kier alpha value is -2.04. The molecule has 2 aromatic rings. The van der Waals surface area contributed by atoms with Gasteiger partial charge in [-0.15, -0.1) is 0 Å². The zero-order chi connectivity index (χ0) is 19.9. The van der Waals surface area contributed by atoms with Crippen LogP contribution in [0.15, 0.2) is 72.8 Å². The third-order valence-electron chi connectivity index (χ3n) is 4.42. The van der Waals surface area contributed by atoms with E-state index in [1.165, 1.54) is 18.2 Å². The van der Waals surface area contributed by atoms with Crippen LogP contribution in [0, 0.1) is 0 Å². The number of hydrogen-bond acceptors (Lipinski definition) is 4. The Morgan fingerprint density at radius 2 is 1.71 bits per heavy atom. The molecular formula is C24H31NO2S. The molecule has 0 saturated carbocycles. The van der Waals surface area contributed by atoms with Gasteiger partial charge >= 0.3 is 5.97 Å². The summed E-state index contributed by atoms with van der Waals surface area (Å²) in [7, 11) is 1.44. The van der Waals surface area contributed by atoms with Crippen LogP contribution in [0.4, 0.5) is 0 Å². The fourth-order valence-electron chi connectivity index (χ4n) is 2.80. The number of allylic oxidation sites excluding steroid dienone is 1. The van der Waals surface area contributed by atoms with Crippen LogP contribution in [0.5, 0.6) is 0 Å². The summed E-state index contributed by atoms with van der Waals surface area (Å²) < 4.78 is 4.68. The highest BCUT2D eigenvalue weighted by molar-refractivity contribution is 7.98. The number of carbonyl (C=O) groups is 1. The van der Waals surface area contributed by atoms with Crippen molar-refractivity contribution in [2.45, 2.75) is 44.0 Å². The maximum absolute atomic E-state index is 11.2. The number of esters is 1. The summed E-state index contributed by atoms with van der Waals surface area (Å²) in [5, 5.41) is 3.66. The minimum Gasteiger partial charge on any atom is -0.469 e. The zero-order valence-electron chi connectivity index (χ0n) is 16.7. The first kappa shape index (κ1) is 22.3.